The van der Waals surface area contributed by atoms with E-state index in [4.69, 9.17) is 22.1 Å². The van der Waals surface area contributed by atoms with Crippen molar-refractivity contribution >= 4 is 24.0 Å². The fourth-order valence-corrected chi connectivity index (χ4v) is 1.72. The molecule has 78 valence electrons. The monoisotopic (exact) mass is 233 g/mol. The summed E-state index contributed by atoms with van der Waals surface area (Å²) in [4.78, 5) is 0. The van der Waals surface area contributed by atoms with E-state index in [-0.39, 0.29) is 17.9 Å². The average Bonchev–Trinajstić information content (AvgIpc) is 2.54. The van der Waals surface area contributed by atoms with Crippen molar-refractivity contribution < 1.29 is 4.74 Å². The molecule has 1 fully saturated rings. The molecule has 1 saturated heterocycles. The van der Waals surface area contributed by atoms with Gasteiger partial charge in [-0.3, -0.25) is 0 Å². The van der Waals surface area contributed by atoms with E-state index in [9.17, 15) is 0 Å². The molecule has 14 heavy (non-hydrogen) atoms. The van der Waals surface area contributed by atoms with Crippen molar-refractivity contribution in [3.05, 3.63) is 34.9 Å². The normalized spacial score (nSPS) is 25.9. The molecule has 1 heterocycles. The van der Waals surface area contributed by atoms with Gasteiger partial charge in [0.25, 0.3) is 0 Å². The molecule has 0 radical (unpaired) electrons. The first-order valence-corrected chi connectivity index (χ1v) is 4.71. The van der Waals surface area contributed by atoms with Crippen LogP contribution >= 0.6 is 24.0 Å². The largest absolute Gasteiger partial charge is 0.379 e. The third-order valence-corrected chi connectivity index (χ3v) is 2.72. The number of hydrogen-bond donors (Lipinski definition) is 1. The van der Waals surface area contributed by atoms with E-state index in [2.05, 4.69) is 0 Å². The smallest absolute Gasteiger partial charge is 0.0689 e. The summed E-state index contributed by atoms with van der Waals surface area (Å²) in [5.74, 6) is 0. The Hall–Kier alpha value is -0.280. The van der Waals surface area contributed by atoms with E-state index >= 15 is 0 Å². The van der Waals surface area contributed by atoms with Gasteiger partial charge in [0.05, 0.1) is 12.1 Å². The zero-order valence-electron chi connectivity index (χ0n) is 7.70. The second-order valence-corrected chi connectivity index (χ2v) is 3.90. The maximum absolute atomic E-state index is 6.16. The van der Waals surface area contributed by atoms with Gasteiger partial charge in [-0.05, 0) is 24.1 Å². The number of ether oxygens (including phenoxy) is 1. The molecule has 2 N–H and O–H groups in total. The SMILES string of the molecule is Cl.NC1(c2ccc(Cl)cc2)CCOC1. The topological polar surface area (TPSA) is 35.2 Å². The summed E-state index contributed by atoms with van der Waals surface area (Å²) in [6, 6.07) is 7.67. The fraction of sp³-hybridized carbons (Fsp3) is 0.400. The fourth-order valence-electron chi connectivity index (χ4n) is 1.59. The first kappa shape index (κ1) is 11.8. The standard InChI is InChI=1S/C10H12ClNO.ClH/c11-9-3-1-8(2-4-9)10(12)5-6-13-7-10;/h1-4H,5-7,12H2;1H. The van der Waals surface area contributed by atoms with Gasteiger partial charge in [0.15, 0.2) is 0 Å². The highest BCUT2D eigenvalue weighted by molar-refractivity contribution is 6.30. The number of halogens is 2. The number of rotatable bonds is 1. The molecule has 0 spiro atoms. The Labute approximate surface area is 94.8 Å². The molecule has 0 bridgehead atoms. The zero-order chi connectivity index (χ0) is 9.31. The van der Waals surface area contributed by atoms with E-state index in [1.54, 1.807) is 0 Å². The number of benzene rings is 1. The Morgan fingerprint density at radius 3 is 2.43 bits per heavy atom. The molecule has 1 aromatic carbocycles. The molecule has 0 saturated carbocycles. The minimum atomic E-state index is -0.301. The van der Waals surface area contributed by atoms with Crippen molar-refractivity contribution in [2.75, 3.05) is 13.2 Å². The van der Waals surface area contributed by atoms with Gasteiger partial charge in [0, 0.05) is 11.6 Å². The maximum atomic E-state index is 6.16. The molecule has 0 amide bonds. The van der Waals surface area contributed by atoms with Crippen LogP contribution in [0.3, 0.4) is 0 Å². The van der Waals surface area contributed by atoms with Crippen LogP contribution in [0.15, 0.2) is 24.3 Å². The van der Waals surface area contributed by atoms with Gasteiger partial charge in [-0.1, -0.05) is 23.7 Å². The van der Waals surface area contributed by atoms with E-state index < -0.39 is 0 Å². The number of hydrogen-bond acceptors (Lipinski definition) is 2. The van der Waals surface area contributed by atoms with Crippen LogP contribution in [0.5, 0.6) is 0 Å². The van der Waals surface area contributed by atoms with Crippen molar-refractivity contribution in [2.45, 2.75) is 12.0 Å². The second-order valence-electron chi connectivity index (χ2n) is 3.47. The third kappa shape index (κ3) is 2.20. The minimum absolute atomic E-state index is 0. The molecule has 4 heteroatoms. The van der Waals surface area contributed by atoms with Crippen molar-refractivity contribution in [1.29, 1.82) is 0 Å². The molecular formula is C10H13Cl2NO. The molecule has 2 rings (SSSR count). The molecule has 0 aromatic heterocycles. The lowest BCUT2D eigenvalue weighted by Crippen LogP contribution is -2.36. The van der Waals surface area contributed by atoms with Gasteiger partial charge in [-0.2, -0.15) is 0 Å². The van der Waals surface area contributed by atoms with Crippen LogP contribution < -0.4 is 5.73 Å². The molecule has 1 aliphatic heterocycles. The Bertz CT molecular complexity index is 293. The quantitative estimate of drug-likeness (QED) is 0.809. The summed E-state index contributed by atoms with van der Waals surface area (Å²) in [5.41, 5.74) is 6.97. The molecule has 1 aliphatic rings. The van der Waals surface area contributed by atoms with Crippen LogP contribution in [-0.4, -0.2) is 13.2 Å². The van der Waals surface area contributed by atoms with Crippen LogP contribution in [0.4, 0.5) is 0 Å². The van der Waals surface area contributed by atoms with Gasteiger partial charge in [-0.15, -0.1) is 12.4 Å². The summed E-state index contributed by atoms with van der Waals surface area (Å²) < 4.78 is 5.29. The summed E-state index contributed by atoms with van der Waals surface area (Å²) in [5, 5.41) is 0.742. The lowest BCUT2D eigenvalue weighted by Gasteiger charge is -2.22. The lowest BCUT2D eigenvalue weighted by molar-refractivity contribution is 0.178. The first-order valence-electron chi connectivity index (χ1n) is 4.33. The maximum Gasteiger partial charge on any atom is 0.0689 e. The number of nitrogens with two attached hydrogens (primary N) is 1. The predicted octanol–water partition coefficient (Wildman–Crippen LogP) is 2.34. The Morgan fingerprint density at radius 2 is 1.93 bits per heavy atom. The van der Waals surface area contributed by atoms with Crippen LogP contribution in [0.25, 0.3) is 0 Å². The average molecular weight is 234 g/mol. The van der Waals surface area contributed by atoms with Crippen molar-refractivity contribution in [3.8, 4) is 0 Å². The molecular weight excluding hydrogens is 221 g/mol. The Balaban J connectivity index is 0.000000980. The molecule has 1 unspecified atom stereocenters. The second kappa shape index (κ2) is 4.49. The Kier molecular flexibility index (Phi) is 3.78. The summed E-state index contributed by atoms with van der Waals surface area (Å²) in [7, 11) is 0. The van der Waals surface area contributed by atoms with E-state index in [0.29, 0.717) is 6.61 Å². The summed E-state index contributed by atoms with van der Waals surface area (Å²) in [6.45, 7) is 1.35. The van der Waals surface area contributed by atoms with E-state index in [1.807, 2.05) is 24.3 Å². The van der Waals surface area contributed by atoms with Crippen molar-refractivity contribution in [1.82, 2.24) is 0 Å². The van der Waals surface area contributed by atoms with Gasteiger partial charge in [0.1, 0.15) is 0 Å². The third-order valence-electron chi connectivity index (χ3n) is 2.47. The van der Waals surface area contributed by atoms with Crippen LogP contribution in [-0.2, 0) is 10.3 Å². The molecule has 1 atom stereocenters. The van der Waals surface area contributed by atoms with Gasteiger partial charge >= 0.3 is 0 Å². The lowest BCUT2D eigenvalue weighted by atomic mass is 9.91. The van der Waals surface area contributed by atoms with Gasteiger partial charge in [-0.25, -0.2) is 0 Å². The molecule has 0 aliphatic carbocycles. The van der Waals surface area contributed by atoms with Crippen LogP contribution in [0.2, 0.25) is 5.02 Å². The first-order chi connectivity index (χ1) is 6.21. The van der Waals surface area contributed by atoms with Crippen molar-refractivity contribution in [3.63, 3.8) is 0 Å². The van der Waals surface area contributed by atoms with E-state index in [1.165, 1.54) is 0 Å². The minimum Gasteiger partial charge on any atom is -0.379 e. The van der Waals surface area contributed by atoms with E-state index in [0.717, 1.165) is 23.6 Å². The molecule has 1 aromatic rings. The zero-order valence-corrected chi connectivity index (χ0v) is 9.27. The van der Waals surface area contributed by atoms with Crippen molar-refractivity contribution in [2.24, 2.45) is 5.73 Å². The van der Waals surface area contributed by atoms with Gasteiger partial charge in [0.2, 0.25) is 0 Å². The highest BCUT2D eigenvalue weighted by Crippen LogP contribution is 2.28. The molecule has 2 nitrogen and oxygen atoms in total. The van der Waals surface area contributed by atoms with Gasteiger partial charge < -0.3 is 10.5 Å². The highest BCUT2D eigenvalue weighted by atomic mass is 35.5. The Morgan fingerprint density at radius 1 is 1.29 bits per heavy atom. The van der Waals surface area contributed by atoms with Crippen LogP contribution in [0, 0.1) is 0 Å². The highest BCUT2D eigenvalue weighted by Gasteiger charge is 2.31. The van der Waals surface area contributed by atoms with Crippen LogP contribution in [0.1, 0.15) is 12.0 Å². The predicted molar refractivity (Wildman–Crippen MR) is 60.0 cm³/mol. The summed E-state index contributed by atoms with van der Waals surface area (Å²) >= 11 is 5.79. The summed E-state index contributed by atoms with van der Waals surface area (Å²) in [6.07, 6.45) is 0.884.